The molecule has 0 spiro atoms. The first-order chi connectivity index (χ1) is 13.6. The average molecular weight is 412 g/mol. The van der Waals surface area contributed by atoms with E-state index >= 15 is 0 Å². The van der Waals surface area contributed by atoms with Crippen molar-refractivity contribution in [3.63, 3.8) is 0 Å². The molecule has 7 nitrogen and oxygen atoms in total. The van der Waals surface area contributed by atoms with Crippen molar-refractivity contribution < 1.29 is 9.21 Å². The Balaban J connectivity index is 1.43. The molecule has 142 valence electrons. The first kappa shape index (κ1) is 18.3. The van der Waals surface area contributed by atoms with Crippen LogP contribution >= 0.6 is 22.7 Å². The van der Waals surface area contributed by atoms with E-state index in [9.17, 15) is 9.59 Å². The molecule has 0 atom stereocenters. The number of nitrogens with zero attached hydrogens (tertiary/aromatic N) is 3. The summed E-state index contributed by atoms with van der Waals surface area (Å²) in [6.45, 7) is 2.12. The second-order valence-electron chi connectivity index (χ2n) is 5.97. The number of thiazole rings is 1. The molecule has 0 saturated carbocycles. The molecule has 0 radical (unpaired) electrons. The molecule has 0 bridgehead atoms. The van der Waals surface area contributed by atoms with Gasteiger partial charge >= 0.3 is 0 Å². The van der Waals surface area contributed by atoms with Gasteiger partial charge in [-0.3, -0.25) is 9.59 Å². The van der Waals surface area contributed by atoms with Crippen molar-refractivity contribution in [3.8, 4) is 21.3 Å². The fraction of sp³-hybridized carbons (Fsp3) is 0.158. The molecule has 4 heterocycles. The van der Waals surface area contributed by atoms with Crippen LogP contribution in [0.25, 0.3) is 21.3 Å². The Hall–Kier alpha value is -3.04. The predicted octanol–water partition coefficient (Wildman–Crippen LogP) is 3.31. The van der Waals surface area contributed by atoms with Gasteiger partial charge in [-0.05, 0) is 36.6 Å². The minimum Gasteiger partial charge on any atom is -0.463 e. The minimum absolute atomic E-state index is 0.164. The van der Waals surface area contributed by atoms with E-state index < -0.39 is 0 Å². The third-order valence-corrected chi connectivity index (χ3v) is 6.20. The van der Waals surface area contributed by atoms with Crippen LogP contribution in [-0.2, 0) is 17.9 Å². The molecule has 9 heteroatoms. The van der Waals surface area contributed by atoms with Crippen molar-refractivity contribution in [2.75, 3.05) is 0 Å². The fourth-order valence-electron chi connectivity index (χ4n) is 2.59. The number of carbonyl (C=O) groups excluding carboxylic acids is 1. The lowest BCUT2D eigenvalue weighted by atomic mass is 10.3. The zero-order valence-electron chi connectivity index (χ0n) is 14.9. The Kier molecular flexibility index (Phi) is 5.18. The Morgan fingerprint density at radius 2 is 2.14 bits per heavy atom. The number of aromatic nitrogens is 3. The molecule has 0 aromatic carbocycles. The molecule has 0 aliphatic carbocycles. The molecule has 4 aromatic rings. The number of rotatable bonds is 6. The maximum atomic E-state index is 12.3. The summed E-state index contributed by atoms with van der Waals surface area (Å²) in [5.74, 6) is 0.243. The van der Waals surface area contributed by atoms with Gasteiger partial charge in [-0.2, -0.15) is 5.10 Å². The highest BCUT2D eigenvalue weighted by atomic mass is 32.1. The molecular weight excluding hydrogens is 396 g/mol. The predicted molar refractivity (Wildman–Crippen MR) is 108 cm³/mol. The van der Waals surface area contributed by atoms with E-state index in [-0.39, 0.29) is 18.0 Å². The highest BCUT2D eigenvalue weighted by Crippen LogP contribution is 2.30. The van der Waals surface area contributed by atoms with Gasteiger partial charge in [-0.1, -0.05) is 6.07 Å². The van der Waals surface area contributed by atoms with Crippen LogP contribution in [0, 0.1) is 6.92 Å². The molecule has 0 aliphatic heterocycles. The van der Waals surface area contributed by atoms with Crippen molar-refractivity contribution in [2.24, 2.45) is 0 Å². The summed E-state index contributed by atoms with van der Waals surface area (Å²) in [6, 6.07) is 10.4. The molecule has 4 rings (SSSR count). The number of nitrogens with one attached hydrogen (secondary N) is 1. The normalized spacial score (nSPS) is 10.9. The van der Waals surface area contributed by atoms with Crippen LogP contribution in [0.5, 0.6) is 0 Å². The van der Waals surface area contributed by atoms with Crippen LogP contribution in [0.1, 0.15) is 10.6 Å². The lowest BCUT2D eigenvalue weighted by Crippen LogP contribution is -2.33. The van der Waals surface area contributed by atoms with E-state index in [1.54, 1.807) is 40.9 Å². The van der Waals surface area contributed by atoms with E-state index in [1.165, 1.54) is 12.3 Å². The van der Waals surface area contributed by atoms with Gasteiger partial charge in [0.05, 0.1) is 23.4 Å². The van der Waals surface area contributed by atoms with Crippen molar-refractivity contribution in [2.45, 2.75) is 20.0 Å². The summed E-state index contributed by atoms with van der Waals surface area (Å²) in [4.78, 5) is 31.0. The highest BCUT2D eigenvalue weighted by Gasteiger charge is 2.13. The summed E-state index contributed by atoms with van der Waals surface area (Å²) in [6.07, 6.45) is 1.53. The second kappa shape index (κ2) is 7.91. The SMILES string of the molecule is Cc1nc(-c2cccs2)sc1CNC(=O)Cn1nc(-c2ccco2)ccc1=O. The van der Waals surface area contributed by atoms with E-state index in [0.717, 1.165) is 25.1 Å². The molecule has 0 aliphatic rings. The fourth-order valence-corrected chi connectivity index (χ4v) is 4.39. The zero-order chi connectivity index (χ0) is 19.5. The van der Waals surface area contributed by atoms with Crippen LogP contribution < -0.4 is 10.9 Å². The molecular formula is C19H16N4O3S2. The Labute approximate surface area is 168 Å². The van der Waals surface area contributed by atoms with Crippen molar-refractivity contribution in [1.82, 2.24) is 20.1 Å². The van der Waals surface area contributed by atoms with E-state index in [1.807, 2.05) is 24.4 Å². The summed E-state index contributed by atoms with van der Waals surface area (Å²) in [7, 11) is 0. The molecule has 1 amide bonds. The van der Waals surface area contributed by atoms with Crippen LogP contribution in [0.15, 0.2) is 57.3 Å². The Morgan fingerprint density at radius 3 is 2.89 bits per heavy atom. The zero-order valence-corrected chi connectivity index (χ0v) is 16.5. The first-order valence-corrected chi connectivity index (χ1v) is 10.2. The molecule has 28 heavy (non-hydrogen) atoms. The molecule has 0 unspecified atom stereocenters. The number of hydrogen-bond donors (Lipinski definition) is 1. The summed E-state index contributed by atoms with van der Waals surface area (Å²) in [5.41, 5.74) is 1.04. The minimum atomic E-state index is -0.348. The standard InChI is InChI=1S/C19H16N4O3S2/c1-12-16(28-19(21-12)15-5-3-9-27-15)10-20-17(24)11-23-18(25)7-6-13(22-23)14-4-2-8-26-14/h2-9H,10-11H2,1H3,(H,20,24). The van der Waals surface area contributed by atoms with E-state index in [0.29, 0.717) is 18.0 Å². The van der Waals surface area contributed by atoms with Crippen LogP contribution in [0.4, 0.5) is 0 Å². The largest absolute Gasteiger partial charge is 0.463 e. The second-order valence-corrected chi connectivity index (χ2v) is 8.00. The van der Waals surface area contributed by atoms with Crippen molar-refractivity contribution >= 4 is 28.6 Å². The summed E-state index contributed by atoms with van der Waals surface area (Å²) < 4.78 is 6.42. The summed E-state index contributed by atoms with van der Waals surface area (Å²) >= 11 is 3.19. The summed E-state index contributed by atoms with van der Waals surface area (Å²) in [5, 5.41) is 10.0. The van der Waals surface area contributed by atoms with Gasteiger partial charge in [0, 0.05) is 10.9 Å². The maximum Gasteiger partial charge on any atom is 0.267 e. The smallest absolute Gasteiger partial charge is 0.267 e. The molecule has 0 saturated heterocycles. The Morgan fingerprint density at radius 1 is 1.25 bits per heavy atom. The Bertz CT molecular complexity index is 1140. The number of hydrogen-bond acceptors (Lipinski definition) is 7. The number of thiophene rings is 1. The number of furan rings is 1. The third-order valence-electron chi connectivity index (χ3n) is 4.00. The number of carbonyl (C=O) groups is 1. The number of aryl methyl sites for hydroxylation is 1. The first-order valence-electron chi connectivity index (χ1n) is 8.49. The van der Waals surface area contributed by atoms with Gasteiger partial charge in [-0.25, -0.2) is 9.67 Å². The van der Waals surface area contributed by atoms with E-state index in [4.69, 9.17) is 4.42 Å². The quantitative estimate of drug-likeness (QED) is 0.525. The average Bonchev–Trinajstić information content (AvgIpc) is 3.44. The molecule has 0 fully saturated rings. The van der Waals surface area contributed by atoms with Crippen molar-refractivity contribution in [3.05, 3.63) is 69.0 Å². The topological polar surface area (TPSA) is 90.0 Å². The van der Waals surface area contributed by atoms with Crippen LogP contribution in [0.3, 0.4) is 0 Å². The van der Waals surface area contributed by atoms with Crippen LogP contribution in [-0.4, -0.2) is 20.7 Å². The van der Waals surface area contributed by atoms with Gasteiger partial charge in [0.1, 0.15) is 17.2 Å². The third kappa shape index (κ3) is 3.95. The monoisotopic (exact) mass is 412 g/mol. The highest BCUT2D eigenvalue weighted by molar-refractivity contribution is 7.21. The van der Waals surface area contributed by atoms with Gasteiger partial charge in [-0.15, -0.1) is 22.7 Å². The van der Waals surface area contributed by atoms with Gasteiger partial charge in [0.15, 0.2) is 5.76 Å². The number of amides is 1. The van der Waals surface area contributed by atoms with Crippen LogP contribution in [0.2, 0.25) is 0 Å². The van der Waals surface area contributed by atoms with Gasteiger partial charge in [0.2, 0.25) is 5.91 Å². The van der Waals surface area contributed by atoms with E-state index in [2.05, 4.69) is 15.4 Å². The lowest BCUT2D eigenvalue weighted by Gasteiger charge is -2.07. The van der Waals surface area contributed by atoms with Gasteiger partial charge < -0.3 is 9.73 Å². The maximum absolute atomic E-state index is 12.3. The lowest BCUT2D eigenvalue weighted by molar-refractivity contribution is -0.122. The molecule has 1 N–H and O–H groups in total. The molecule has 4 aromatic heterocycles. The van der Waals surface area contributed by atoms with Crippen molar-refractivity contribution in [1.29, 1.82) is 0 Å². The van der Waals surface area contributed by atoms with Gasteiger partial charge in [0.25, 0.3) is 5.56 Å².